The van der Waals surface area contributed by atoms with Crippen LogP contribution in [-0.4, -0.2) is 27.9 Å². The molecule has 0 saturated carbocycles. The molecule has 1 amide bonds. The minimum atomic E-state index is -1.15. The fourth-order valence-electron chi connectivity index (χ4n) is 1.38. The Morgan fingerprint density at radius 2 is 2.16 bits per heavy atom. The number of nitrogens with one attached hydrogen (secondary N) is 1. The van der Waals surface area contributed by atoms with Gasteiger partial charge in [0.1, 0.15) is 11.1 Å². The number of carbonyl (C=O) groups excluding carboxylic acids is 1. The highest BCUT2D eigenvalue weighted by Crippen LogP contribution is 2.24. The molecule has 1 aromatic rings. The van der Waals surface area contributed by atoms with Crippen LogP contribution >= 0.6 is 11.6 Å². The van der Waals surface area contributed by atoms with E-state index in [9.17, 15) is 19.7 Å². The van der Waals surface area contributed by atoms with E-state index in [-0.39, 0.29) is 22.7 Å². The van der Waals surface area contributed by atoms with E-state index in [4.69, 9.17) is 16.7 Å². The number of carboxylic acid groups (broad SMARTS) is 1. The van der Waals surface area contributed by atoms with Crippen molar-refractivity contribution in [1.29, 1.82) is 0 Å². The normalized spacial score (nSPS) is 11.7. The number of nitrogens with zero attached hydrogens (tertiary/aromatic N) is 1. The van der Waals surface area contributed by atoms with Crippen LogP contribution in [0.3, 0.4) is 0 Å². The van der Waals surface area contributed by atoms with Gasteiger partial charge in [0.2, 0.25) is 0 Å². The van der Waals surface area contributed by atoms with E-state index >= 15 is 0 Å². The number of hydrogen-bond donors (Lipinski definition) is 2. The highest BCUT2D eigenvalue weighted by Gasteiger charge is 2.20. The zero-order chi connectivity index (χ0) is 14.6. The minimum Gasteiger partial charge on any atom is -0.480 e. The van der Waals surface area contributed by atoms with Gasteiger partial charge < -0.3 is 10.4 Å². The maximum Gasteiger partial charge on any atom is 0.326 e. The molecule has 1 aromatic carbocycles. The second kappa shape index (κ2) is 6.14. The first-order chi connectivity index (χ1) is 8.86. The van der Waals surface area contributed by atoms with Crippen molar-refractivity contribution in [2.24, 2.45) is 0 Å². The number of amides is 1. The lowest BCUT2D eigenvalue weighted by Crippen LogP contribution is -2.40. The highest BCUT2D eigenvalue weighted by molar-refractivity contribution is 6.33. The molecule has 0 heterocycles. The molecule has 0 radical (unpaired) electrons. The molecular formula is C11H11ClN2O5. The Bertz CT molecular complexity index is 532. The van der Waals surface area contributed by atoms with Gasteiger partial charge >= 0.3 is 5.97 Å². The number of nitro groups is 1. The summed E-state index contributed by atoms with van der Waals surface area (Å²) >= 11 is 5.66. The van der Waals surface area contributed by atoms with Gasteiger partial charge in [-0.1, -0.05) is 18.5 Å². The Kier molecular flexibility index (Phi) is 4.82. The molecule has 1 rings (SSSR count). The zero-order valence-corrected chi connectivity index (χ0v) is 10.7. The molecule has 2 N–H and O–H groups in total. The Labute approximate surface area is 113 Å². The second-order valence-electron chi connectivity index (χ2n) is 3.70. The largest absolute Gasteiger partial charge is 0.480 e. The van der Waals surface area contributed by atoms with Crippen LogP contribution < -0.4 is 5.32 Å². The van der Waals surface area contributed by atoms with Gasteiger partial charge in [0.25, 0.3) is 11.6 Å². The minimum absolute atomic E-state index is 0.0651. The van der Waals surface area contributed by atoms with Crippen LogP contribution in [0.2, 0.25) is 5.02 Å². The Morgan fingerprint density at radius 1 is 1.53 bits per heavy atom. The maximum absolute atomic E-state index is 11.7. The molecule has 19 heavy (non-hydrogen) atoms. The number of nitro benzene ring substituents is 1. The van der Waals surface area contributed by atoms with Crippen LogP contribution in [0.15, 0.2) is 18.2 Å². The second-order valence-corrected chi connectivity index (χ2v) is 4.10. The average Bonchev–Trinajstić information content (AvgIpc) is 2.34. The van der Waals surface area contributed by atoms with Gasteiger partial charge in [0.15, 0.2) is 0 Å². The van der Waals surface area contributed by atoms with Crippen LogP contribution in [-0.2, 0) is 4.79 Å². The number of benzene rings is 1. The molecule has 8 heteroatoms. The molecule has 0 fully saturated rings. The topological polar surface area (TPSA) is 110 Å². The monoisotopic (exact) mass is 286 g/mol. The van der Waals surface area contributed by atoms with Crippen LogP contribution in [0.1, 0.15) is 23.7 Å². The molecule has 0 aliphatic rings. The lowest BCUT2D eigenvalue weighted by Gasteiger charge is -2.12. The predicted molar refractivity (Wildman–Crippen MR) is 67.3 cm³/mol. The fraction of sp³-hybridized carbons (Fsp3) is 0.273. The van der Waals surface area contributed by atoms with E-state index in [0.29, 0.717) is 0 Å². The van der Waals surface area contributed by atoms with Crippen molar-refractivity contribution in [3.63, 3.8) is 0 Å². The molecule has 0 aliphatic heterocycles. The first-order valence-corrected chi connectivity index (χ1v) is 5.72. The summed E-state index contributed by atoms with van der Waals surface area (Å²) in [5.74, 6) is -1.80. The average molecular weight is 287 g/mol. The summed E-state index contributed by atoms with van der Waals surface area (Å²) in [6.07, 6.45) is 0.224. The Morgan fingerprint density at radius 3 is 2.58 bits per heavy atom. The lowest BCUT2D eigenvalue weighted by molar-refractivity contribution is -0.384. The van der Waals surface area contributed by atoms with Crippen LogP contribution in [0.4, 0.5) is 5.69 Å². The van der Waals surface area contributed by atoms with Crippen molar-refractivity contribution in [2.75, 3.05) is 0 Å². The quantitative estimate of drug-likeness (QED) is 0.634. The van der Waals surface area contributed by atoms with Crippen LogP contribution in [0.25, 0.3) is 0 Å². The molecule has 0 bridgehead atoms. The zero-order valence-electron chi connectivity index (χ0n) is 9.92. The standard InChI is InChI=1S/C11H11ClN2O5/c1-2-8(11(16)17)13-10(15)6-3-4-9(14(18)19)7(12)5-6/h3-5,8H,2H2,1H3,(H,13,15)(H,16,17)/t8-/m1/s1. The number of rotatable bonds is 5. The molecule has 0 saturated heterocycles. The number of halogens is 1. The van der Waals surface area contributed by atoms with Crippen molar-refractivity contribution >= 4 is 29.2 Å². The first-order valence-electron chi connectivity index (χ1n) is 5.34. The first kappa shape index (κ1) is 14.9. The van der Waals surface area contributed by atoms with Gasteiger partial charge in [-0.3, -0.25) is 14.9 Å². The van der Waals surface area contributed by atoms with Gasteiger partial charge in [-0.15, -0.1) is 0 Å². The third-order valence-corrected chi connectivity index (χ3v) is 2.72. The fourth-order valence-corrected chi connectivity index (χ4v) is 1.63. The van der Waals surface area contributed by atoms with Crippen molar-refractivity contribution in [2.45, 2.75) is 19.4 Å². The number of carbonyl (C=O) groups is 2. The molecule has 102 valence electrons. The molecule has 0 aliphatic carbocycles. The van der Waals surface area contributed by atoms with Crippen LogP contribution in [0, 0.1) is 10.1 Å². The molecule has 1 atom stereocenters. The van der Waals surface area contributed by atoms with E-state index < -0.39 is 22.8 Å². The molecular weight excluding hydrogens is 276 g/mol. The van der Waals surface area contributed by atoms with Gasteiger partial charge in [-0.25, -0.2) is 4.79 Å². The van der Waals surface area contributed by atoms with E-state index in [2.05, 4.69) is 5.32 Å². The molecule has 7 nitrogen and oxygen atoms in total. The number of aliphatic carboxylic acids is 1. The van der Waals surface area contributed by atoms with Gasteiger partial charge in [0.05, 0.1) is 4.92 Å². The summed E-state index contributed by atoms with van der Waals surface area (Å²) in [6.45, 7) is 1.61. The van der Waals surface area contributed by atoms with Gasteiger partial charge in [0, 0.05) is 11.6 Å². The predicted octanol–water partition coefficient (Wildman–Crippen LogP) is 1.84. The SMILES string of the molecule is CC[C@@H](NC(=O)c1ccc([N+](=O)[O-])c(Cl)c1)C(=O)O. The number of carboxylic acids is 1. The van der Waals surface area contributed by atoms with Crippen molar-refractivity contribution in [1.82, 2.24) is 5.32 Å². The summed E-state index contributed by atoms with van der Waals surface area (Å²) in [5.41, 5.74) is -0.251. The summed E-state index contributed by atoms with van der Waals surface area (Å²) in [4.78, 5) is 32.4. The van der Waals surface area contributed by atoms with Crippen molar-refractivity contribution in [3.8, 4) is 0 Å². The van der Waals surface area contributed by atoms with E-state index in [1.165, 1.54) is 6.07 Å². The molecule has 0 aromatic heterocycles. The summed E-state index contributed by atoms with van der Waals surface area (Å²) in [6, 6.07) is 2.43. The van der Waals surface area contributed by atoms with E-state index in [0.717, 1.165) is 12.1 Å². The Hall–Kier alpha value is -2.15. The summed E-state index contributed by atoms with van der Waals surface area (Å²) < 4.78 is 0. The Balaban J connectivity index is 2.92. The smallest absolute Gasteiger partial charge is 0.326 e. The van der Waals surface area contributed by atoms with Crippen molar-refractivity contribution in [3.05, 3.63) is 38.9 Å². The summed E-state index contributed by atoms with van der Waals surface area (Å²) in [7, 11) is 0. The van der Waals surface area contributed by atoms with Crippen LogP contribution in [0.5, 0.6) is 0 Å². The van der Waals surface area contributed by atoms with E-state index in [1.807, 2.05) is 0 Å². The van der Waals surface area contributed by atoms with E-state index in [1.54, 1.807) is 6.92 Å². The van der Waals surface area contributed by atoms with Crippen molar-refractivity contribution < 1.29 is 19.6 Å². The molecule has 0 spiro atoms. The van der Waals surface area contributed by atoms with Gasteiger partial charge in [-0.05, 0) is 18.6 Å². The number of hydrogen-bond acceptors (Lipinski definition) is 4. The molecule has 0 unspecified atom stereocenters. The van der Waals surface area contributed by atoms with Gasteiger partial charge in [-0.2, -0.15) is 0 Å². The third kappa shape index (κ3) is 3.65. The maximum atomic E-state index is 11.7. The highest BCUT2D eigenvalue weighted by atomic mass is 35.5. The summed E-state index contributed by atoms with van der Waals surface area (Å²) in [5, 5.41) is 21.5. The third-order valence-electron chi connectivity index (χ3n) is 2.42. The lowest BCUT2D eigenvalue weighted by atomic mass is 10.1.